The summed E-state index contributed by atoms with van der Waals surface area (Å²) in [7, 11) is 0. The summed E-state index contributed by atoms with van der Waals surface area (Å²) in [5.41, 5.74) is 0.490. The number of aliphatic hydroxyl groups excluding tert-OH is 1. The lowest BCUT2D eigenvalue weighted by Crippen LogP contribution is -2.17. The molecule has 0 saturated carbocycles. The predicted octanol–water partition coefficient (Wildman–Crippen LogP) is 1.24. The molecule has 1 unspecified atom stereocenters. The zero-order chi connectivity index (χ0) is 12.1. The van der Waals surface area contributed by atoms with E-state index >= 15 is 0 Å². The van der Waals surface area contributed by atoms with Crippen LogP contribution in [0.3, 0.4) is 0 Å². The number of carboxylic acid groups (broad SMARTS) is 1. The van der Waals surface area contributed by atoms with E-state index in [4.69, 9.17) is 9.84 Å². The van der Waals surface area contributed by atoms with Gasteiger partial charge in [-0.15, -0.1) is 0 Å². The van der Waals surface area contributed by atoms with Crippen LogP contribution in [0.25, 0.3) is 0 Å². The third-order valence-corrected chi connectivity index (χ3v) is 2.10. The van der Waals surface area contributed by atoms with Gasteiger partial charge in [0.2, 0.25) is 0 Å². The van der Waals surface area contributed by atoms with Gasteiger partial charge in [0.25, 0.3) is 0 Å². The molecular weight excluding hydrogens is 210 g/mol. The molecule has 0 spiro atoms. The molecule has 1 heterocycles. The molecule has 1 rings (SSSR count). The van der Waals surface area contributed by atoms with Gasteiger partial charge in [0.15, 0.2) is 11.4 Å². The van der Waals surface area contributed by atoms with Crippen molar-refractivity contribution in [2.75, 3.05) is 6.61 Å². The molecule has 0 aliphatic heterocycles. The molecular formula is C11H15NO4. The van der Waals surface area contributed by atoms with E-state index in [2.05, 4.69) is 4.98 Å². The Balaban J connectivity index is 2.82. The van der Waals surface area contributed by atoms with E-state index in [0.717, 1.165) is 0 Å². The number of hydrogen-bond donors (Lipinski definition) is 2. The van der Waals surface area contributed by atoms with Crippen molar-refractivity contribution < 1.29 is 19.7 Å². The fraction of sp³-hybridized carbons (Fsp3) is 0.455. The van der Waals surface area contributed by atoms with Crippen LogP contribution in [0.15, 0.2) is 12.1 Å². The summed E-state index contributed by atoms with van der Waals surface area (Å²) in [5, 5.41) is 18.2. The smallest absolute Gasteiger partial charge is 0.358 e. The molecule has 0 aliphatic rings. The SMILES string of the molecule is CCC(O)COc1ccc(C)nc1C(=O)O. The molecule has 0 fully saturated rings. The quantitative estimate of drug-likeness (QED) is 0.788. The molecule has 0 aliphatic carbocycles. The molecule has 1 aromatic heterocycles. The Bertz CT molecular complexity index is 378. The fourth-order valence-electron chi connectivity index (χ4n) is 1.12. The minimum atomic E-state index is -1.13. The van der Waals surface area contributed by atoms with Gasteiger partial charge in [0, 0.05) is 5.69 Å². The number of aromatic carboxylic acids is 1. The normalized spacial score (nSPS) is 12.2. The second-order valence-corrected chi connectivity index (χ2v) is 3.48. The number of hydrogen-bond acceptors (Lipinski definition) is 4. The van der Waals surface area contributed by atoms with Crippen molar-refractivity contribution >= 4 is 5.97 Å². The summed E-state index contributed by atoms with van der Waals surface area (Å²) in [5.74, 6) is -0.949. The molecule has 2 N–H and O–H groups in total. The van der Waals surface area contributed by atoms with Crippen LogP contribution in [0.1, 0.15) is 29.5 Å². The van der Waals surface area contributed by atoms with E-state index in [-0.39, 0.29) is 18.1 Å². The highest BCUT2D eigenvalue weighted by Crippen LogP contribution is 2.17. The molecule has 16 heavy (non-hydrogen) atoms. The van der Waals surface area contributed by atoms with Gasteiger partial charge in [-0.2, -0.15) is 0 Å². The fourth-order valence-corrected chi connectivity index (χ4v) is 1.12. The van der Waals surface area contributed by atoms with Gasteiger partial charge in [-0.3, -0.25) is 0 Å². The van der Waals surface area contributed by atoms with Crippen LogP contribution in [0.5, 0.6) is 5.75 Å². The minimum absolute atomic E-state index is 0.0710. The molecule has 0 saturated heterocycles. The average molecular weight is 225 g/mol. The Morgan fingerprint density at radius 2 is 2.25 bits per heavy atom. The first-order chi connectivity index (χ1) is 7.54. The Morgan fingerprint density at radius 3 is 2.81 bits per heavy atom. The van der Waals surface area contributed by atoms with Gasteiger partial charge in [-0.1, -0.05) is 6.92 Å². The van der Waals surface area contributed by atoms with Crippen molar-refractivity contribution in [3.05, 3.63) is 23.5 Å². The van der Waals surface area contributed by atoms with Gasteiger partial charge in [-0.25, -0.2) is 9.78 Å². The van der Waals surface area contributed by atoms with Crippen molar-refractivity contribution in [2.45, 2.75) is 26.4 Å². The minimum Gasteiger partial charge on any atom is -0.488 e. The standard InChI is InChI=1S/C11H15NO4/c1-3-8(13)6-16-9-5-4-7(2)12-10(9)11(14)15/h4-5,8,13H,3,6H2,1-2H3,(H,14,15). The van der Waals surface area contributed by atoms with Crippen molar-refractivity contribution in [3.8, 4) is 5.75 Å². The highest BCUT2D eigenvalue weighted by atomic mass is 16.5. The number of rotatable bonds is 5. The maximum Gasteiger partial charge on any atom is 0.358 e. The molecule has 0 aromatic carbocycles. The Hall–Kier alpha value is -1.62. The number of carboxylic acids is 1. The van der Waals surface area contributed by atoms with E-state index in [1.165, 1.54) is 0 Å². The third kappa shape index (κ3) is 3.20. The van der Waals surface area contributed by atoms with Crippen LogP contribution in [0.4, 0.5) is 0 Å². The zero-order valence-corrected chi connectivity index (χ0v) is 9.30. The van der Waals surface area contributed by atoms with Gasteiger partial charge < -0.3 is 14.9 Å². The topological polar surface area (TPSA) is 79.7 Å². The van der Waals surface area contributed by atoms with Gasteiger partial charge in [-0.05, 0) is 25.5 Å². The average Bonchev–Trinajstić information content (AvgIpc) is 2.26. The highest BCUT2D eigenvalue weighted by molar-refractivity contribution is 5.88. The van der Waals surface area contributed by atoms with Crippen LogP contribution >= 0.6 is 0 Å². The first-order valence-electron chi connectivity index (χ1n) is 5.06. The molecule has 0 bridgehead atoms. The van der Waals surface area contributed by atoms with Crippen molar-refractivity contribution in [3.63, 3.8) is 0 Å². The lowest BCUT2D eigenvalue weighted by molar-refractivity contribution is 0.0674. The molecule has 0 amide bonds. The van der Waals surface area contributed by atoms with Crippen molar-refractivity contribution in [1.29, 1.82) is 0 Å². The lowest BCUT2D eigenvalue weighted by atomic mass is 10.2. The van der Waals surface area contributed by atoms with Crippen LogP contribution < -0.4 is 4.74 Å². The summed E-state index contributed by atoms with van der Waals surface area (Å²) >= 11 is 0. The van der Waals surface area contributed by atoms with Gasteiger partial charge in [0.05, 0.1) is 6.10 Å². The molecule has 5 nitrogen and oxygen atoms in total. The molecule has 88 valence electrons. The Labute approximate surface area is 93.7 Å². The highest BCUT2D eigenvalue weighted by Gasteiger charge is 2.14. The van der Waals surface area contributed by atoms with E-state index in [0.29, 0.717) is 12.1 Å². The molecule has 1 atom stereocenters. The number of ether oxygens (including phenoxy) is 1. The maximum absolute atomic E-state index is 10.9. The Kier molecular flexibility index (Phi) is 4.25. The van der Waals surface area contributed by atoms with E-state index in [1.807, 2.05) is 6.92 Å². The molecule has 1 aromatic rings. The van der Waals surface area contributed by atoms with Gasteiger partial charge >= 0.3 is 5.97 Å². The third-order valence-electron chi connectivity index (χ3n) is 2.10. The van der Waals surface area contributed by atoms with Gasteiger partial charge in [0.1, 0.15) is 6.61 Å². The first kappa shape index (κ1) is 12.4. The van der Waals surface area contributed by atoms with E-state index in [1.54, 1.807) is 19.1 Å². The lowest BCUT2D eigenvalue weighted by Gasteiger charge is -2.11. The van der Waals surface area contributed by atoms with Crippen LogP contribution in [-0.4, -0.2) is 33.9 Å². The molecule has 5 heteroatoms. The van der Waals surface area contributed by atoms with E-state index < -0.39 is 12.1 Å². The van der Waals surface area contributed by atoms with Crippen LogP contribution in [0, 0.1) is 6.92 Å². The van der Waals surface area contributed by atoms with Crippen LogP contribution in [0.2, 0.25) is 0 Å². The summed E-state index contributed by atoms with van der Waals surface area (Å²) in [6.07, 6.45) is -0.0373. The summed E-state index contributed by atoms with van der Waals surface area (Å²) < 4.78 is 5.21. The number of nitrogens with zero attached hydrogens (tertiary/aromatic N) is 1. The first-order valence-corrected chi connectivity index (χ1v) is 5.06. The number of aliphatic hydroxyl groups is 1. The van der Waals surface area contributed by atoms with E-state index in [9.17, 15) is 9.90 Å². The number of pyridine rings is 1. The predicted molar refractivity (Wildman–Crippen MR) is 57.7 cm³/mol. The number of carbonyl (C=O) groups is 1. The van der Waals surface area contributed by atoms with Crippen LogP contribution in [-0.2, 0) is 0 Å². The molecule has 0 radical (unpaired) electrons. The van der Waals surface area contributed by atoms with Crippen molar-refractivity contribution in [2.24, 2.45) is 0 Å². The van der Waals surface area contributed by atoms with Crippen molar-refractivity contribution in [1.82, 2.24) is 4.98 Å². The second kappa shape index (κ2) is 5.46. The summed E-state index contributed by atoms with van der Waals surface area (Å²) in [4.78, 5) is 14.8. The summed E-state index contributed by atoms with van der Waals surface area (Å²) in [6, 6.07) is 3.22. The number of aromatic nitrogens is 1. The zero-order valence-electron chi connectivity index (χ0n) is 9.30. The summed E-state index contributed by atoms with van der Waals surface area (Å²) in [6.45, 7) is 3.60. The number of aryl methyl sites for hydroxylation is 1. The Morgan fingerprint density at radius 1 is 1.56 bits per heavy atom. The largest absolute Gasteiger partial charge is 0.488 e. The second-order valence-electron chi connectivity index (χ2n) is 3.48. The monoisotopic (exact) mass is 225 g/mol. The maximum atomic E-state index is 10.9.